The van der Waals surface area contributed by atoms with E-state index >= 15 is 4.39 Å². The van der Waals surface area contributed by atoms with E-state index in [1.807, 2.05) is 13.8 Å². The third-order valence-electron chi connectivity index (χ3n) is 8.68. The van der Waals surface area contributed by atoms with Crippen LogP contribution in [0.5, 0.6) is 0 Å². The van der Waals surface area contributed by atoms with Gasteiger partial charge < -0.3 is 26.0 Å². The average molecular weight is 709 g/mol. The number of hydrogen-bond acceptors (Lipinski definition) is 6. The number of rotatable bonds is 11. The standard InChI is InChI=1S/C31H38ClF3N2O4.C2HF3O2/c1-16(2)13-30(3,4)14-25-31(19-11-21(33)22(34)12-23(19)36-29(31)41)26(18-8-6-9-20(32)27(18)35)28(37-25)24(40)10-5-7-17(39)15-38;3-2(4,5)1(6)7/h6,8-9,11-12,16-17,25-26,28,37-39H,5,7,10,13-15H2,1-4H3,(H,36,41);(H,6,7)/t17-,25+,26-,28-,31-;/m0./s1. The zero-order valence-corrected chi connectivity index (χ0v) is 27.5. The number of aliphatic hydroxyl groups excluding tert-OH is 2. The number of benzene rings is 2. The molecule has 15 heteroatoms. The minimum atomic E-state index is -5.08. The summed E-state index contributed by atoms with van der Waals surface area (Å²) in [5.41, 5.74) is -1.74. The molecule has 1 spiro atoms. The van der Waals surface area contributed by atoms with Gasteiger partial charge in [0.2, 0.25) is 5.91 Å². The maximum atomic E-state index is 15.8. The summed E-state index contributed by atoms with van der Waals surface area (Å²) < 4.78 is 76.7. The fraction of sp³-hybridized carbons (Fsp3) is 0.545. The van der Waals surface area contributed by atoms with Crippen molar-refractivity contribution in [3.8, 4) is 0 Å². The van der Waals surface area contributed by atoms with Gasteiger partial charge in [-0.25, -0.2) is 18.0 Å². The largest absolute Gasteiger partial charge is 0.490 e. The van der Waals surface area contributed by atoms with E-state index in [1.54, 1.807) is 0 Å². The van der Waals surface area contributed by atoms with Gasteiger partial charge in [-0.15, -0.1) is 0 Å². The van der Waals surface area contributed by atoms with Crippen molar-refractivity contribution in [2.45, 2.75) is 95.5 Å². The Morgan fingerprint density at radius 1 is 1.08 bits per heavy atom. The lowest BCUT2D eigenvalue weighted by molar-refractivity contribution is -0.192. The fourth-order valence-electron chi connectivity index (χ4n) is 7.10. The second-order valence-electron chi connectivity index (χ2n) is 13.4. The van der Waals surface area contributed by atoms with E-state index in [9.17, 15) is 36.6 Å². The molecule has 0 saturated carbocycles. The van der Waals surface area contributed by atoms with Crippen LogP contribution in [0.3, 0.4) is 0 Å². The number of carboxylic acid groups (broad SMARTS) is 1. The number of carbonyl (C=O) groups excluding carboxylic acids is 2. The van der Waals surface area contributed by atoms with Gasteiger partial charge >= 0.3 is 12.1 Å². The van der Waals surface area contributed by atoms with Crippen LogP contribution >= 0.6 is 11.6 Å². The molecule has 1 saturated heterocycles. The molecule has 0 radical (unpaired) electrons. The third-order valence-corrected chi connectivity index (χ3v) is 8.97. The van der Waals surface area contributed by atoms with Gasteiger partial charge in [-0.2, -0.15) is 13.2 Å². The van der Waals surface area contributed by atoms with Crippen LogP contribution < -0.4 is 10.6 Å². The molecule has 0 bridgehead atoms. The first-order valence-electron chi connectivity index (χ1n) is 15.3. The number of nitrogens with one attached hydrogen (secondary N) is 2. The lowest BCUT2D eigenvalue weighted by Crippen LogP contribution is -2.50. The Balaban J connectivity index is 0.000000804. The van der Waals surface area contributed by atoms with Crippen molar-refractivity contribution in [1.29, 1.82) is 0 Å². The number of alkyl halides is 3. The van der Waals surface area contributed by atoms with Crippen LogP contribution in [0.1, 0.15) is 76.8 Å². The Morgan fingerprint density at radius 2 is 1.69 bits per heavy atom. The summed E-state index contributed by atoms with van der Waals surface area (Å²) in [6, 6.07) is 4.45. The Bertz CT molecular complexity index is 1520. The maximum absolute atomic E-state index is 15.8. The highest BCUT2D eigenvalue weighted by Crippen LogP contribution is 2.57. The summed E-state index contributed by atoms with van der Waals surface area (Å²) in [6.45, 7) is 7.80. The zero-order valence-electron chi connectivity index (χ0n) is 26.7. The summed E-state index contributed by atoms with van der Waals surface area (Å²) >= 11 is 6.19. The van der Waals surface area contributed by atoms with E-state index in [-0.39, 0.29) is 52.3 Å². The number of carboxylic acids is 1. The third kappa shape index (κ3) is 8.32. The summed E-state index contributed by atoms with van der Waals surface area (Å²) in [5.74, 6) is -7.57. The number of anilines is 1. The molecule has 48 heavy (non-hydrogen) atoms. The fourth-order valence-corrected chi connectivity index (χ4v) is 7.29. The smallest absolute Gasteiger partial charge is 0.475 e. The molecule has 5 N–H and O–H groups in total. The topological polar surface area (TPSA) is 136 Å². The molecule has 5 atom stereocenters. The monoisotopic (exact) mass is 708 g/mol. The molecule has 2 aromatic carbocycles. The molecular weight excluding hydrogens is 670 g/mol. The van der Waals surface area contributed by atoms with Crippen LogP contribution in [-0.4, -0.2) is 64.0 Å². The van der Waals surface area contributed by atoms with Gasteiger partial charge in [0.1, 0.15) is 17.0 Å². The second kappa shape index (κ2) is 15.1. The quantitative estimate of drug-likeness (QED) is 0.174. The first-order valence-corrected chi connectivity index (χ1v) is 15.7. The number of aliphatic hydroxyl groups is 2. The maximum Gasteiger partial charge on any atom is 0.490 e. The van der Waals surface area contributed by atoms with E-state index in [2.05, 4.69) is 24.5 Å². The number of Topliss-reactive ketones (excluding diaryl/α,β-unsaturated/α-hetero) is 1. The molecule has 2 aliphatic rings. The summed E-state index contributed by atoms with van der Waals surface area (Å²) in [6.07, 6.45) is -4.50. The molecule has 0 aromatic heterocycles. The number of carbonyl (C=O) groups is 3. The van der Waals surface area contributed by atoms with Crippen LogP contribution in [0, 0.1) is 28.8 Å². The van der Waals surface area contributed by atoms with Crippen molar-refractivity contribution in [3.63, 3.8) is 0 Å². The number of ketones is 1. The highest BCUT2D eigenvalue weighted by atomic mass is 35.5. The average Bonchev–Trinajstić information content (AvgIpc) is 3.43. The molecule has 2 heterocycles. The SMILES string of the molecule is CC(C)CC(C)(C)C[C@H]1N[C@@H](C(=O)CCC[C@H](O)CO)[C@H](c2cccc(Cl)c2F)[C@@]12C(=O)Nc1cc(F)c(F)cc12.O=C(O)C(F)(F)F. The minimum absolute atomic E-state index is 0.0160. The van der Waals surface area contributed by atoms with E-state index in [0.29, 0.717) is 12.3 Å². The number of fused-ring (bicyclic) bond motifs is 2. The lowest BCUT2D eigenvalue weighted by atomic mass is 9.61. The molecule has 4 rings (SSSR count). The second-order valence-corrected chi connectivity index (χ2v) is 13.8. The van der Waals surface area contributed by atoms with Gasteiger partial charge in [0, 0.05) is 30.1 Å². The van der Waals surface area contributed by atoms with Crippen LogP contribution in [-0.2, 0) is 19.8 Å². The van der Waals surface area contributed by atoms with Gasteiger partial charge in [-0.05, 0) is 60.3 Å². The molecular formula is C33H39ClF6N2O6. The van der Waals surface area contributed by atoms with Crippen LogP contribution in [0.15, 0.2) is 30.3 Å². The molecule has 2 aromatic rings. The van der Waals surface area contributed by atoms with E-state index in [0.717, 1.165) is 18.6 Å². The number of halogens is 7. The van der Waals surface area contributed by atoms with Gasteiger partial charge in [-0.1, -0.05) is 51.4 Å². The number of hydrogen-bond donors (Lipinski definition) is 5. The van der Waals surface area contributed by atoms with Gasteiger partial charge in [0.15, 0.2) is 11.6 Å². The molecule has 0 aliphatic carbocycles. The summed E-state index contributed by atoms with van der Waals surface area (Å²) in [5, 5.41) is 31.9. The minimum Gasteiger partial charge on any atom is -0.475 e. The van der Waals surface area contributed by atoms with Gasteiger partial charge in [0.05, 0.1) is 23.8 Å². The molecule has 0 unspecified atom stereocenters. The molecule has 266 valence electrons. The van der Waals surface area contributed by atoms with E-state index in [4.69, 9.17) is 26.6 Å². The zero-order chi connectivity index (χ0) is 36.4. The molecule has 1 amide bonds. The Labute approximate surface area is 278 Å². The Morgan fingerprint density at radius 3 is 2.25 bits per heavy atom. The van der Waals surface area contributed by atoms with E-state index in [1.165, 1.54) is 18.2 Å². The summed E-state index contributed by atoms with van der Waals surface area (Å²) in [7, 11) is 0. The van der Waals surface area contributed by atoms with Gasteiger partial charge in [0.25, 0.3) is 0 Å². The predicted octanol–water partition coefficient (Wildman–Crippen LogP) is 6.26. The van der Waals surface area contributed by atoms with Crippen molar-refractivity contribution in [1.82, 2.24) is 5.32 Å². The Hall–Kier alpha value is -3.20. The van der Waals surface area contributed by atoms with Crippen LogP contribution in [0.25, 0.3) is 0 Å². The predicted molar refractivity (Wildman–Crippen MR) is 165 cm³/mol. The van der Waals surface area contributed by atoms with Crippen molar-refractivity contribution in [2.24, 2.45) is 11.3 Å². The number of aliphatic carboxylic acids is 1. The molecule has 1 fully saturated rings. The number of amides is 1. The Kier molecular flexibility index (Phi) is 12.4. The first kappa shape index (κ1) is 39.2. The highest BCUT2D eigenvalue weighted by Gasteiger charge is 2.66. The van der Waals surface area contributed by atoms with E-state index < -0.39 is 71.6 Å². The highest BCUT2D eigenvalue weighted by molar-refractivity contribution is 6.30. The molecule has 2 aliphatic heterocycles. The normalized spacial score (nSPS) is 22.7. The van der Waals surface area contributed by atoms with Gasteiger partial charge in [-0.3, -0.25) is 9.59 Å². The first-order chi connectivity index (χ1) is 22.2. The summed E-state index contributed by atoms with van der Waals surface area (Å²) in [4.78, 5) is 36.9. The van der Waals surface area contributed by atoms with Crippen molar-refractivity contribution < 1.29 is 56.0 Å². The van der Waals surface area contributed by atoms with Crippen molar-refractivity contribution in [2.75, 3.05) is 11.9 Å². The lowest BCUT2D eigenvalue weighted by Gasteiger charge is -2.39. The van der Waals surface area contributed by atoms with Crippen molar-refractivity contribution in [3.05, 3.63) is 63.9 Å². The van der Waals surface area contributed by atoms with Crippen LogP contribution in [0.4, 0.5) is 32.0 Å². The van der Waals surface area contributed by atoms with Crippen molar-refractivity contribution >= 4 is 34.9 Å². The molecule has 8 nitrogen and oxygen atoms in total. The van der Waals surface area contributed by atoms with Crippen LogP contribution in [0.2, 0.25) is 5.02 Å².